The van der Waals surface area contributed by atoms with E-state index >= 15 is 0 Å². The maximum Gasteiger partial charge on any atom is 0.0764 e. The molecule has 16 heavy (non-hydrogen) atoms. The summed E-state index contributed by atoms with van der Waals surface area (Å²) in [7, 11) is 2.13. The van der Waals surface area contributed by atoms with Gasteiger partial charge in [0.1, 0.15) is 0 Å². The predicted molar refractivity (Wildman–Crippen MR) is 72.0 cm³/mol. The largest absolute Gasteiger partial charge is 0.299 e. The first-order valence-electron chi connectivity index (χ1n) is 5.89. The minimum Gasteiger partial charge on any atom is -0.299 e. The van der Waals surface area contributed by atoms with Crippen LogP contribution in [-0.4, -0.2) is 33.1 Å². The Bertz CT molecular complexity index is 309. The molecule has 0 aliphatic heterocycles. The third-order valence-corrected chi connectivity index (χ3v) is 2.99. The van der Waals surface area contributed by atoms with Crippen molar-refractivity contribution in [2.24, 2.45) is 0 Å². The van der Waals surface area contributed by atoms with Crippen LogP contribution in [0, 0.1) is 0 Å². The van der Waals surface area contributed by atoms with Crippen LogP contribution in [0.2, 0.25) is 0 Å². The molecule has 0 aliphatic carbocycles. The minimum atomic E-state index is 0.495. The molecule has 0 spiro atoms. The van der Waals surface area contributed by atoms with Crippen molar-refractivity contribution in [1.29, 1.82) is 0 Å². The lowest BCUT2D eigenvalue weighted by molar-refractivity contribution is 0.325. The van der Waals surface area contributed by atoms with Crippen LogP contribution in [0.25, 0.3) is 0 Å². The van der Waals surface area contributed by atoms with E-state index in [1.54, 1.807) is 0 Å². The summed E-state index contributed by atoms with van der Waals surface area (Å²) >= 11 is 3.56. The number of aromatic nitrogens is 2. The summed E-state index contributed by atoms with van der Waals surface area (Å²) in [6.07, 6.45) is 3.20. The summed E-state index contributed by atoms with van der Waals surface area (Å²) in [5.74, 6) is 0. The molecule has 4 heteroatoms. The Kier molecular flexibility index (Phi) is 5.49. The molecule has 0 bridgehead atoms. The third kappa shape index (κ3) is 4.26. The van der Waals surface area contributed by atoms with Crippen molar-refractivity contribution in [3.8, 4) is 0 Å². The van der Waals surface area contributed by atoms with Crippen molar-refractivity contribution in [3.63, 3.8) is 0 Å². The maximum atomic E-state index is 4.59. The van der Waals surface area contributed by atoms with Gasteiger partial charge in [-0.3, -0.25) is 9.58 Å². The number of hydrogen-bond donors (Lipinski definition) is 0. The number of alkyl halides is 1. The highest BCUT2D eigenvalue weighted by Gasteiger charge is 2.08. The first kappa shape index (κ1) is 13.7. The molecule has 1 heterocycles. The van der Waals surface area contributed by atoms with E-state index < -0.39 is 0 Å². The van der Waals surface area contributed by atoms with E-state index in [0.717, 1.165) is 25.2 Å². The number of nitrogens with zero attached hydrogens (tertiary/aromatic N) is 3. The predicted octanol–water partition coefficient (Wildman–Crippen LogP) is 3.07. The highest BCUT2D eigenvalue weighted by atomic mass is 79.9. The fourth-order valence-electron chi connectivity index (χ4n) is 1.66. The standard InChI is InChI=1S/C12H22BrN3/c1-5-11(3)16-7-6-12(14-16)9-15(4)8-10(2)13/h6-7,10-11H,5,8-9H2,1-4H3. The Morgan fingerprint density at radius 1 is 1.50 bits per heavy atom. The van der Waals surface area contributed by atoms with Crippen LogP contribution in [0.3, 0.4) is 0 Å². The summed E-state index contributed by atoms with van der Waals surface area (Å²) in [5.41, 5.74) is 1.15. The Morgan fingerprint density at radius 3 is 2.75 bits per heavy atom. The second-order valence-corrected chi connectivity index (χ2v) is 6.09. The number of rotatable bonds is 6. The zero-order chi connectivity index (χ0) is 12.1. The van der Waals surface area contributed by atoms with Crippen molar-refractivity contribution >= 4 is 15.9 Å². The highest BCUT2D eigenvalue weighted by molar-refractivity contribution is 9.09. The van der Waals surface area contributed by atoms with E-state index in [9.17, 15) is 0 Å². The Labute approximate surface area is 107 Å². The average molecular weight is 288 g/mol. The number of hydrogen-bond acceptors (Lipinski definition) is 2. The van der Waals surface area contributed by atoms with Crippen LogP contribution in [0.4, 0.5) is 0 Å². The van der Waals surface area contributed by atoms with Gasteiger partial charge in [-0.05, 0) is 26.5 Å². The molecular formula is C12H22BrN3. The lowest BCUT2D eigenvalue weighted by Crippen LogP contribution is -2.24. The fraction of sp³-hybridized carbons (Fsp3) is 0.750. The van der Waals surface area contributed by atoms with Crippen LogP contribution in [0.15, 0.2) is 12.3 Å². The molecule has 0 radical (unpaired) electrons. The van der Waals surface area contributed by atoms with Gasteiger partial charge in [-0.1, -0.05) is 29.8 Å². The van der Waals surface area contributed by atoms with Crippen molar-refractivity contribution in [2.45, 2.75) is 44.6 Å². The van der Waals surface area contributed by atoms with Crippen LogP contribution >= 0.6 is 15.9 Å². The summed E-state index contributed by atoms with van der Waals surface area (Å²) in [6.45, 7) is 8.50. The maximum absolute atomic E-state index is 4.59. The molecular weight excluding hydrogens is 266 g/mol. The molecule has 2 unspecified atom stereocenters. The molecule has 0 N–H and O–H groups in total. The minimum absolute atomic E-state index is 0.495. The third-order valence-electron chi connectivity index (χ3n) is 2.70. The molecule has 0 amide bonds. The molecule has 0 aromatic carbocycles. The monoisotopic (exact) mass is 287 g/mol. The van der Waals surface area contributed by atoms with Gasteiger partial charge >= 0.3 is 0 Å². The molecule has 1 aromatic heterocycles. The summed E-state index contributed by atoms with van der Waals surface area (Å²) < 4.78 is 2.06. The fourth-order valence-corrected chi connectivity index (χ4v) is 2.16. The van der Waals surface area contributed by atoms with E-state index in [-0.39, 0.29) is 0 Å². The molecule has 0 fully saturated rings. The first-order valence-corrected chi connectivity index (χ1v) is 6.81. The molecule has 3 nitrogen and oxygen atoms in total. The summed E-state index contributed by atoms with van der Waals surface area (Å²) in [6, 6.07) is 2.61. The molecule has 1 rings (SSSR count). The van der Waals surface area contributed by atoms with E-state index in [0.29, 0.717) is 10.9 Å². The van der Waals surface area contributed by atoms with Gasteiger partial charge in [0.15, 0.2) is 0 Å². The summed E-state index contributed by atoms with van der Waals surface area (Å²) in [5, 5.41) is 4.59. The van der Waals surface area contributed by atoms with Gasteiger partial charge in [-0.2, -0.15) is 5.10 Å². The summed E-state index contributed by atoms with van der Waals surface area (Å²) in [4.78, 5) is 2.80. The Balaban J connectivity index is 2.51. The van der Waals surface area contributed by atoms with Gasteiger partial charge in [-0.15, -0.1) is 0 Å². The van der Waals surface area contributed by atoms with E-state index in [4.69, 9.17) is 0 Å². The number of halogens is 1. The Hall–Kier alpha value is -0.350. The van der Waals surface area contributed by atoms with Gasteiger partial charge in [0.05, 0.1) is 5.69 Å². The SMILES string of the molecule is CCC(C)n1ccc(CN(C)CC(C)Br)n1. The van der Waals surface area contributed by atoms with Crippen molar-refractivity contribution in [2.75, 3.05) is 13.6 Å². The Morgan fingerprint density at radius 2 is 2.19 bits per heavy atom. The van der Waals surface area contributed by atoms with Gasteiger partial charge in [0.2, 0.25) is 0 Å². The zero-order valence-corrected chi connectivity index (χ0v) is 12.2. The van der Waals surface area contributed by atoms with E-state index in [1.165, 1.54) is 0 Å². The second-order valence-electron chi connectivity index (χ2n) is 4.52. The molecule has 0 aliphatic rings. The molecule has 0 saturated heterocycles. The van der Waals surface area contributed by atoms with Gasteiger partial charge < -0.3 is 0 Å². The smallest absolute Gasteiger partial charge is 0.0764 e. The quantitative estimate of drug-likeness (QED) is 0.750. The van der Waals surface area contributed by atoms with E-state index in [2.05, 4.69) is 70.7 Å². The average Bonchev–Trinajstić information content (AvgIpc) is 2.63. The zero-order valence-electron chi connectivity index (χ0n) is 10.7. The topological polar surface area (TPSA) is 21.1 Å². The first-order chi connectivity index (χ1) is 7.52. The van der Waals surface area contributed by atoms with Gasteiger partial charge in [0.25, 0.3) is 0 Å². The molecule has 92 valence electrons. The molecule has 1 aromatic rings. The van der Waals surface area contributed by atoms with Crippen LogP contribution in [-0.2, 0) is 6.54 Å². The lowest BCUT2D eigenvalue weighted by atomic mass is 10.3. The molecule has 2 atom stereocenters. The van der Waals surface area contributed by atoms with Crippen LogP contribution in [0.5, 0.6) is 0 Å². The van der Waals surface area contributed by atoms with Crippen molar-refractivity contribution < 1.29 is 0 Å². The van der Waals surface area contributed by atoms with Gasteiger partial charge in [-0.25, -0.2) is 0 Å². The molecule has 0 saturated carbocycles. The normalized spacial score (nSPS) is 15.4. The lowest BCUT2D eigenvalue weighted by Gasteiger charge is -2.16. The van der Waals surface area contributed by atoms with Crippen LogP contribution < -0.4 is 0 Å². The van der Waals surface area contributed by atoms with Crippen molar-refractivity contribution in [3.05, 3.63) is 18.0 Å². The van der Waals surface area contributed by atoms with E-state index in [1.807, 2.05) is 0 Å². The highest BCUT2D eigenvalue weighted by Crippen LogP contribution is 2.10. The van der Waals surface area contributed by atoms with Crippen molar-refractivity contribution in [1.82, 2.24) is 14.7 Å². The van der Waals surface area contributed by atoms with Crippen LogP contribution in [0.1, 0.15) is 38.9 Å². The second kappa shape index (κ2) is 6.40. The van der Waals surface area contributed by atoms with Gasteiger partial charge in [0, 0.05) is 30.2 Å².